The molecular weight excluding hydrogens is 238 g/mol. The van der Waals surface area contributed by atoms with Gasteiger partial charge in [-0.05, 0) is 69.5 Å². The van der Waals surface area contributed by atoms with E-state index in [1.165, 1.54) is 61.8 Å². The summed E-state index contributed by atoms with van der Waals surface area (Å²) in [6.07, 6.45) is 10.9. The topological polar surface area (TPSA) is 26.0 Å². The molecule has 0 bridgehead atoms. The Kier molecular flexibility index (Phi) is 4.85. The minimum atomic E-state index is 0.567. The summed E-state index contributed by atoms with van der Waals surface area (Å²) in [6.45, 7) is 5.34. The van der Waals surface area contributed by atoms with Crippen LogP contribution in [0.15, 0.2) is 6.07 Å². The van der Waals surface area contributed by atoms with Gasteiger partial charge in [0.05, 0.1) is 0 Å². The third-order valence-corrected chi connectivity index (χ3v) is 5.83. The standard InChI is InChI=1S/C16H27NS/c1-13-12-14(2)18-15(13)6-9-16(10-11-17)7-4-3-5-8-16/h12H,3-11,17H2,1-2H3. The van der Waals surface area contributed by atoms with Crippen molar-refractivity contribution in [1.82, 2.24) is 0 Å². The molecule has 18 heavy (non-hydrogen) atoms. The van der Waals surface area contributed by atoms with Crippen molar-refractivity contribution in [2.45, 2.75) is 65.2 Å². The number of nitrogens with two attached hydrogens (primary N) is 1. The molecule has 1 saturated carbocycles. The van der Waals surface area contributed by atoms with E-state index in [9.17, 15) is 0 Å². The summed E-state index contributed by atoms with van der Waals surface area (Å²) in [5.41, 5.74) is 7.91. The number of rotatable bonds is 5. The van der Waals surface area contributed by atoms with Crippen molar-refractivity contribution in [1.29, 1.82) is 0 Å². The molecule has 0 radical (unpaired) electrons. The SMILES string of the molecule is Cc1cc(C)c(CCC2(CCN)CCCCC2)s1. The van der Waals surface area contributed by atoms with Crippen molar-refractivity contribution in [3.8, 4) is 0 Å². The van der Waals surface area contributed by atoms with E-state index in [2.05, 4.69) is 19.9 Å². The molecule has 2 rings (SSSR count). The van der Waals surface area contributed by atoms with Gasteiger partial charge in [0.25, 0.3) is 0 Å². The Morgan fingerprint density at radius 3 is 2.44 bits per heavy atom. The van der Waals surface area contributed by atoms with Crippen molar-refractivity contribution in [3.63, 3.8) is 0 Å². The molecule has 0 aromatic carbocycles. The Hall–Kier alpha value is -0.340. The maximum absolute atomic E-state index is 5.85. The molecule has 2 N–H and O–H groups in total. The first kappa shape index (κ1) is 14.1. The van der Waals surface area contributed by atoms with Crippen LogP contribution in [-0.4, -0.2) is 6.54 Å². The molecule has 1 fully saturated rings. The molecule has 1 aliphatic rings. The van der Waals surface area contributed by atoms with Gasteiger partial charge in [0.15, 0.2) is 0 Å². The van der Waals surface area contributed by atoms with Crippen molar-refractivity contribution in [2.24, 2.45) is 11.1 Å². The second-order valence-electron chi connectivity index (χ2n) is 6.06. The Labute approximate surface area is 116 Å². The lowest BCUT2D eigenvalue weighted by Crippen LogP contribution is -2.27. The van der Waals surface area contributed by atoms with Crippen molar-refractivity contribution < 1.29 is 0 Å². The van der Waals surface area contributed by atoms with Crippen LogP contribution in [0.5, 0.6) is 0 Å². The largest absolute Gasteiger partial charge is 0.330 e. The van der Waals surface area contributed by atoms with Crippen molar-refractivity contribution in [2.75, 3.05) is 6.54 Å². The molecule has 1 aromatic rings. The maximum atomic E-state index is 5.85. The lowest BCUT2D eigenvalue weighted by atomic mass is 9.69. The van der Waals surface area contributed by atoms with Gasteiger partial charge >= 0.3 is 0 Å². The normalized spacial score (nSPS) is 19.1. The minimum Gasteiger partial charge on any atom is -0.330 e. The second-order valence-corrected chi connectivity index (χ2v) is 7.40. The van der Waals surface area contributed by atoms with Gasteiger partial charge in [-0.15, -0.1) is 11.3 Å². The van der Waals surface area contributed by atoms with E-state index < -0.39 is 0 Å². The highest BCUT2D eigenvalue weighted by molar-refractivity contribution is 7.12. The van der Waals surface area contributed by atoms with Crippen LogP contribution in [0.25, 0.3) is 0 Å². The highest BCUT2D eigenvalue weighted by atomic mass is 32.1. The fourth-order valence-corrected chi connectivity index (χ4v) is 4.60. The lowest BCUT2D eigenvalue weighted by molar-refractivity contribution is 0.161. The first-order chi connectivity index (χ1) is 8.65. The van der Waals surface area contributed by atoms with E-state index in [0.717, 1.165) is 6.54 Å². The monoisotopic (exact) mass is 265 g/mol. The molecule has 2 heteroatoms. The van der Waals surface area contributed by atoms with Crippen LogP contribution >= 0.6 is 11.3 Å². The van der Waals surface area contributed by atoms with Crippen molar-refractivity contribution >= 4 is 11.3 Å². The average molecular weight is 265 g/mol. The van der Waals surface area contributed by atoms with E-state index in [4.69, 9.17) is 5.73 Å². The fourth-order valence-electron chi connectivity index (χ4n) is 3.55. The summed E-state index contributed by atoms with van der Waals surface area (Å²) in [4.78, 5) is 3.06. The summed E-state index contributed by atoms with van der Waals surface area (Å²) < 4.78 is 0. The molecule has 0 amide bonds. The van der Waals surface area contributed by atoms with Gasteiger partial charge in [-0.2, -0.15) is 0 Å². The summed E-state index contributed by atoms with van der Waals surface area (Å²) in [7, 11) is 0. The maximum Gasteiger partial charge on any atom is 0.00774 e. The van der Waals surface area contributed by atoms with Crippen LogP contribution < -0.4 is 5.73 Å². The fraction of sp³-hybridized carbons (Fsp3) is 0.750. The van der Waals surface area contributed by atoms with E-state index >= 15 is 0 Å². The van der Waals surface area contributed by atoms with Crippen LogP contribution in [0.3, 0.4) is 0 Å². The molecule has 0 atom stereocenters. The number of hydrogen-bond donors (Lipinski definition) is 1. The number of aryl methyl sites for hydroxylation is 3. The molecule has 0 spiro atoms. The summed E-state index contributed by atoms with van der Waals surface area (Å²) in [5, 5.41) is 0. The first-order valence-corrected chi connectivity index (χ1v) is 8.23. The van der Waals surface area contributed by atoms with Crippen LogP contribution in [0.1, 0.15) is 60.3 Å². The molecule has 0 aliphatic heterocycles. The predicted molar refractivity (Wildman–Crippen MR) is 81.3 cm³/mol. The molecule has 102 valence electrons. The Morgan fingerprint density at radius 1 is 1.17 bits per heavy atom. The van der Waals surface area contributed by atoms with E-state index in [1.54, 1.807) is 4.88 Å². The zero-order valence-corrected chi connectivity index (χ0v) is 12.7. The van der Waals surface area contributed by atoms with Crippen molar-refractivity contribution in [3.05, 3.63) is 21.4 Å². The van der Waals surface area contributed by atoms with Gasteiger partial charge < -0.3 is 5.73 Å². The van der Waals surface area contributed by atoms with E-state index in [0.29, 0.717) is 5.41 Å². The second kappa shape index (κ2) is 6.21. The zero-order valence-electron chi connectivity index (χ0n) is 11.9. The molecule has 1 heterocycles. The van der Waals surface area contributed by atoms with E-state index in [1.807, 2.05) is 11.3 Å². The van der Waals surface area contributed by atoms with Gasteiger partial charge in [-0.1, -0.05) is 19.3 Å². The highest BCUT2D eigenvalue weighted by Gasteiger charge is 2.30. The van der Waals surface area contributed by atoms with Crippen LogP contribution in [0.2, 0.25) is 0 Å². The molecule has 0 unspecified atom stereocenters. The minimum absolute atomic E-state index is 0.567. The first-order valence-electron chi connectivity index (χ1n) is 7.41. The van der Waals surface area contributed by atoms with Gasteiger partial charge in [0, 0.05) is 9.75 Å². The Balaban J connectivity index is 1.99. The molecule has 1 aliphatic carbocycles. The lowest BCUT2D eigenvalue weighted by Gasteiger charge is -2.37. The summed E-state index contributed by atoms with van der Waals surface area (Å²) >= 11 is 1.99. The predicted octanol–water partition coefficient (Wildman–Crippen LogP) is 4.60. The van der Waals surface area contributed by atoms with Gasteiger partial charge in [-0.3, -0.25) is 0 Å². The molecule has 1 aromatic heterocycles. The quantitative estimate of drug-likeness (QED) is 0.827. The Morgan fingerprint density at radius 2 is 1.89 bits per heavy atom. The average Bonchev–Trinajstić information content (AvgIpc) is 2.67. The van der Waals surface area contributed by atoms with Gasteiger partial charge in [0.2, 0.25) is 0 Å². The summed E-state index contributed by atoms with van der Waals surface area (Å²) in [6, 6.07) is 2.33. The zero-order chi connectivity index (χ0) is 13.0. The summed E-state index contributed by atoms with van der Waals surface area (Å²) in [5.74, 6) is 0. The smallest absolute Gasteiger partial charge is 0.00774 e. The van der Waals surface area contributed by atoms with Gasteiger partial charge in [0.1, 0.15) is 0 Å². The highest BCUT2D eigenvalue weighted by Crippen LogP contribution is 2.43. The van der Waals surface area contributed by atoms with Crippen LogP contribution in [0, 0.1) is 19.3 Å². The van der Waals surface area contributed by atoms with Crippen LogP contribution in [0.4, 0.5) is 0 Å². The third kappa shape index (κ3) is 3.36. The molecule has 1 nitrogen and oxygen atoms in total. The molecular formula is C16H27NS. The number of thiophene rings is 1. The van der Waals surface area contributed by atoms with Gasteiger partial charge in [-0.25, -0.2) is 0 Å². The van der Waals surface area contributed by atoms with E-state index in [-0.39, 0.29) is 0 Å². The third-order valence-electron chi connectivity index (χ3n) is 4.62. The number of hydrogen-bond acceptors (Lipinski definition) is 2. The molecule has 0 saturated heterocycles. The Bertz CT molecular complexity index is 369. The van der Waals surface area contributed by atoms with Crippen LogP contribution in [-0.2, 0) is 6.42 Å².